The first-order valence-electron chi connectivity index (χ1n) is 11.6. The topological polar surface area (TPSA) is 77.4 Å². The Kier molecular flexibility index (Phi) is 5.45. The fraction of sp³-hybridized carbons (Fsp3) is 0.370. The van der Waals surface area contributed by atoms with E-state index in [1.165, 1.54) is 3.97 Å². The van der Waals surface area contributed by atoms with Crippen molar-refractivity contribution in [1.29, 1.82) is 0 Å². The van der Waals surface area contributed by atoms with E-state index in [-0.39, 0.29) is 34.1 Å². The molecule has 0 amide bonds. The average Bonchev–Trinajstić information content (AvgIpc) is 3.17. The van der Waals surface area contributed by atoms with Crippen LogP contribution in [0.4, 0.5) is 0 Å². The lowest BCUT2D eigenvalue weighted by Gasteiger charge is -2.49. The number of hydrogen-bond acceptors (Lipinski definition) is 5. The third kappa shape index (κ3) is 3.67. The van der Waals surface area contributed by atoms with Crippen LogP contribution in [-0.2, 0) is 21.2 Å². The van der Waals surface area contributed by atoms with Crippen molar-refractivity contribution in [3.63, 3.8) is 0 Å². The van der Waals surface area contributed by atoms with Gasteiger partial charge in [-0.05, 0) is 81.5 Å². The van der Waals surface area contributed by atoms with Gasteiger partial charge in [0.25, 0.3) is 10.0 Å². The molecule has 0 unspecified atom stereocenters. The molecule has 0 saturated carbocycles. The Morgan fingerprint density at radius 1 is 1.12 bits per heavy atom. The lowest BCUT2D eigenvalue weighted by molar-refractivity contribution is -0.123. The van der Waals surface area contributed by atoms with Crippen molar-refractivity contribution in [3.05, 3.63) is 71.9 Å². The van der Waals surface area contributed by atoms with E-state index in [4.69, 9.17) is 4.74 Å². The maximum Gasteiger partial charge on any atom is 0.268 e. The Morgan fingerprint density at radius 3 is 2.53 bits per heavy atom. The lowest BCUT2D eigenvalue weighted by Crippen LogP contribution is -2.62. The van der Waals surface area contributed by atoms with Crippen molar-refractivity contribution in [1.82, 2.24) is 9.29 Å². The highest BCUT2D eigenvalue weighted by molar-refractivity contribution is 7.90. The quantitative estimate of drug-likeness (QED) is 0.591. The Hall–Kier alpha value is -2.90. The minimum Gasteiger partial charge on any atom is -0.497 e. The van der Waals surface area contributed by atoms with E-state index in [1.807, 2.05) is 37.3 Å². The minimum absolute atomic E-state index is 0.0331. The van der Waals surface area contributed by atoms with Gasteiger partial charge in [-0.3, -0.25) is 4.79 Å². The second kappa shape index (κ2) is 8.10. The van der Waals surface area contributed by atoms with Crippen LogP contribution in [0.15, 0.2) is 71.3 Å². The smallest absolute Gasteiger partial charge is 0.268 e. The number of ketones is 1. The summed E-state index contributed by atoms with van der Waals surface area (Å²) in [5.74, 6) is 1.02. The van der Waals surface area contributed by atoms with Gasteiger partial charge in [-0.15, -0.1) is 0 Å². The number of methoxy groups -OCH3 is 1. The highest BCUT2D eigenvalue weighted by atomic mass is 32.2. The number of rotatable bonds is 5. The third-order valence-corrected chi connectivity index (χ3v) is 9.21. The van der Waals surface area contributed by atoms with E-state index in [0.29, 0.717) is 17.7 Å². The number of nitrogens with one attached hydrogen (secondary N) is 1. The van der Waals surface area contributed by atoms with Crippen molar-refractivity contribution in [2.75, 3.05) is 7.11 Å². The highest BCUT2D eigenvalue weighted by Crippen LogP contribution is 2.41. The number of benzene rings is 2. The van der Waals surface area contributed by atoms with Crippen molar-refractivity contribution in [3.8, 4) is 5.75 Å². The Balaban J connectivity index is 1.56. The molecule has 6 nitrogen and oxygen atoms in total. The summed E-state index contributed by atoms with van der Waals surface area (Å²) in [5, 5.41) is 4.65. The molecule has 1 aliphatic carbocycles. The van der Waals surface area contributed by atoms with Gasteiger partial charge in [0, 0.05) is 29.1 Å². The number of piperidine rings is 1. The van der Waals surface area contributed by atoms with Gasteiger partial charge in [0.1, 0.15) is 5.75 Å². The van der Waals surface area contributed by atoms with Crippen molar-refractivity contribution in [2.45, 2.75) is 50.1 Å². The number of carbonyl (C=O) groups excluding carboxylic acids is 1. The maximum absolute atomic E-state index is 13.6. The molecule has 2 aliphatic rings. The summed E-state index contributed by atoms with van der Waals surface area (Å²) in [6.07, 6.45) is 5.07. The highest BCUT2D eigenvalue weighted by Gasteiger charge is 2.47. The number of carbonyl (C=O) groups is 1. The van der Waals surface area contributed by atoms with Gasteiger partial charge >= 0.3 is 0 Å². The molecule has 3 aromatic rings. The van der Waals surface area contributed by atoms with Crippen LogP contribution in [0.1, 0.15) is 32.8 Å². The van der Waals surface area contributed by atoms with Gasteiger partial charge in [0.2, 0.25) is 0 Å². The number of para-hydroxylation sites is 1. The van der Waals surface area contributed by atoms with Gasteiger partial charge in [0.15, 0.2) is 5.78 Å². The molecule has 2 heterocycles. The molecule has 3 atom stereocenters. The van der Waals surface area contributed by atoms with E-state index >= 15 is 0 Å². The first-order valence-corrected chi connectivity index (χ1v) is 13.0. The van der Waals surface area contributed by atoms with Gasteiger partial charge in [-0.25, -0.2) is 12.4 Å². The van der Waals surface area contributed by atoms with E-state index < -0.39 is 10.0 Å². The van der Waals surface area contributed by atoms with Crippen molar-refractivity contribution < 1.29 is 17.9 Å². The zero-order valence-electron chi connectivity index (χ0n) is 19.9. The molecule has 0 radical (unpaired) electrons. The van der Waals surface area contributed by atoms with Crippen LogP contribution in [0, 0.1) is 11.8 Å². The molecular formula is C27H30N2O4S. The van der Waals surface area contributed by atoms with E-state index in [2.05, 4.69) is 19.2 Å². The summed E-state index contributed by atoms with van der Waals surface area (Å²) < 4.78 is 33.7. The molecule has 2 aromatic carbocycles. The number of nitrogens with zero attached hydrogens (tertiary/aromatic N) is 1. The largest absolute Gasteiger partial charge is 0.497 e. The van der Waals surface area contributed by atoms with Crippen molar-refractivity contribution >= 4 is 26.7 Å². The number of aromatic nitrogens is 1. The van der Waals surface area contributed by atoms with E-state index in [1.54, 1.807) is 37.6 Å². The first kappa shape index (κ1) is 22.9. The zero-order chi connectivity index (χ0) is 24.3. The molecule has 1 aliphatic heterocycles. The minimum atomic E-state index is -3.78. The Labute approximate surface area is 200 Å². The second-order valence-corrected chi connectivity index (χ2v) is 11.8. The molecule has 1 fully saturated rings. The van der Waals surface area contributed by atoms with E-state index in [0.717, 1.165) is 22.9 Å². The Bertz CT molecular complexity index is 1400. The molecule has 178 valence electrons. The fourth-order valence-electron chi connectivity index (χ4n) is 5.67. The van der Waals surface area contributed by atoms with Crippen LogP contribution in [0.3, 0.4) is 0 Å². The standard InChI is InChI=1S/C27H30N2O4S/c1-17-13-26(30)23-15-22(17)24(28-27(23,2)3)14-18-16-29(25-8-6-5-7-21(18)25)34(31,32)20-11-9-19(33-4)10-12-20/h5-13,16,22-24,28H,14-15H2,1-4H3/t22-,23+,24+/m0/s1. The predicted molar refractivity (Wildman–Crippen MR) is 133 cm³/mol. The maximum atomic E-state index is 13.6. The van der Waals surface area contributed by atoms with Crippen LogP contribution in [0.5, 0.6) is 5.75 Å². The summed E-state index contributed by atoms with van der Waals surface area (Å²) in [4.78, 5) is 12.8. The lowest BCUT2D eigenvalue weighted by atomic mass is 9.65. The molecule has 1 saturated heterocycles. The summed E-state index contributed by atoms with van der Waals surface area (Å²) in [6.45, 7) is 6.21. The average molecular weight is 479 g/mol. The molecule has 1 N–H and O–H groups in total. The number of ether oxygens (including phenoxy) is 1. The molecule has 5 rings (SSSR count). The molecule has 7 heteroatoms. The molecule has 2 bridgehead atoms. The summed E-state index contributed by atoms with van der Waals surface area (Å²) in [7, 11) is -2.23. The zero-order valence-corrected chi connectivity index (χ0v) is 20.7. The van der Waals surface area contributed by atoms with Gasteiger partial charge in [0.05, 0.1) is 17.5 Å². The number of hydrogen-bond donors (Lipinski definition) is 1. The normalized spacial score (nSPS) is 24.2. The van der Waals surface area contributed by atoms with Gasteiger partial charge < -0.3 is 10.1 Å². The number of fused-ring (bicyclic) bond motifs is 3. The third-order valence-electron chi connectivity index (χ3n) is 7.52. The second-order valence-electron chi connectivity index (χ2n) is 10.0. The molecule has 1 aromatic heterocycles. The summed E-state index contributed by atoms with van der Waals surface area (Å²) in [6, 6.07) is 14.2. The van der Waals surface area contributed by atoms with Crippen LogP contribution < -0.4 is 10.1 Å². The SMILES string of the molecule is COc1ccc(S(=O)(=O)n2cc(C[C@H]3NC(C)(C)[C@@H]4C[C@H]3C(C)=CC4=O)c3ccccc32)cc1. The van der Waals surface area contributed by atoms with Crippen molar-refractivity contribution in [2.24, 2.45) is 11.8 Å². The summed E-state index contributed by atoms with van der Waals surface area (Å²) >= 11 is 0. The van der Waals surface area contributed by atoms with Gasteiger partial charge in [-0.2, -0.15) is 0 Å². The van der Waals surface area contributed by atoms with Crippen LogP contribution in [0.2, 0.25) is 0 Å². The molecular weight excluding hydrogens is 448 g/mol. The Morgan fingerprint density at radius 2 is 1.82 bits per heavy atom. The van der Waals surface area contributed by atoms with Gasteiger partial charge in [-0.1, -0.05) is 23.8 Å². The fourth-order valence-corrected chi connectivity index (χ4v) is 7.06. The number of allylic oxidation sites excluding steroid dienone is 1. The predicted octanol–water partition coefficient (Wildman–Crippen LogP) is 4.33. The first-order chi connectivity index (χ1) is 16.1. The summed E-state index contributed by atoms with van der Waals surface area (Å²) in [5.41, 5.74) is 2.42. The molecule has 34 heavy (non-hydrogen) atoms. The monoisotopic (exact) mass is 478 g/mol. The van der Waals surface area contributed by atoms with Crippen LogP contribution >= 0.6 is 0 Å². The van der Waals surface area contributed by atoms with Crippen LogP contribution in [-0.4, -0.2) is 36.9 Å². The van der Waals surface area contributed by atoms with Crippen LogP contribution in [0.25, 0.3) is 10.9 Å². The molecule has 0 spiro atoms. The van der Waals surface area contributed by atoms with E-state index in [9.17, 15) is 13.2 Å².